The molecule has 1 aromatic rings. The first kappa shape index (κ1) is 9.56. The molecule has 1 aromatic heterocycles. The van der Waals surface area contributed by atoms with Crippen LogP contribution in [0.2, 0.25) is 5.02 Å². The Morgan fingerprint density at radius 1 is 1.45 bits per heavy atom. The Hall–Kier alpha value is 0.470. The van der Waals surface area contributed by atoms with Gasteiger partial charge in [0.25, 0.3) is 0 Å². The Balaban J connectivity index is 3.15. The minimum absolute atomic E-state index is 0.160. The van der Waals surface area contributed by atoms with E-state index in [9.17, 15) is 0 Å². The molecule has 0 bridgehead atoms. The molecule has 0 radical (unpaired) electrons. The zero-order valence-electron chi connectivity index (χ0n) is 6.74. The molecule has 0 aliphatic rings. The molecule has 0 amide bonds. The van der Waals surface area contributed by atoms with Crippen LogP contribution in [0.25, 0.3) is 0 Å². The number of hydrogen-bond donors (Lipinski definition) is 0. The van der Waals surface area contributed by atoms with Gasteiger partial charge in [-0.2, -0.15) is 0 Å². The van der Waals surface area contributed by atoms with Crippen LogP contribution < -0.4 is 0 Å². The van der Waals surface area contributed by atoms with E-state index in [4.69, 9.17) is 11.6 Å². The SMILES string of the molecule is CC(C)(C)c1scc(Br)c1Cl. The molecule has 0 fully saturated rings. The zero-order valence-corrected chi connectivity index (χ0v) is 9.90. The number of rotatable bonds is 0. The van der Waals surface area contributed by atoms with Gasteiger partial charge in [0.1, 0.15) is 0 Å². The lowest BCUT2D eigenvalue weighted by atomic mass is 9.95. The van der Waals surface area contributed by atoms with Gasteiger partial charge in [-0.25, -0.2) is 0 Å². The van der Waals surface area contributed by atoms with E-state index < -0.39 is 0 Å². The van der Waals surface area contributed by atoms with Crippen molar-refractivity contribution < 1.29 is 0 Å². The zero-order chi connectivity index (χ0) is 8.65. The molecule has 11 heavy (non-hydrogen) atoms. The summed E-state index contributed by atoms with van der Waals surface area (Å²) in [5.41, 5.74) is 0.160. The van der Waals surface area contributed by atoms with Crippen LogP contribution in [0.3, 0.4) is 0 Å². The van der Waals surface area contributed by atoms with Crippen molar-refractivity contribution >= 4 is 38.9 Å². The van der Waals surface area contributed by atoms with Crippen LogP contribution in [-0.2, 0) is 5.41 Å². The second-order valence-corrected chi connectivity index (χ2v) is 5.59. The average molecular weight is 254 g/mol. The van der Waals surface area contributed by atoms with Gasteiger partial charge in [0.2, 0.25) is 0 Å². The summed E-state index contributed by atoms with van der Waals surface area (Å²) in [5.74, 6) is 0. The van der Waals surface area contributed by atoms with Crippen molar-refractivity contribution in [3.63, 3.8) is 0 Å². The predicted molar refractivity (Wildman–Crippen MR) is 55.7 cm³/mol. The van der Waals surface area contributed by atoms with E-state index in [2.05, 4.69) is 36.7 Å². The van der Waals surface area contributed by atoms with Crippen molar-refractivity contribution in [2.45, 2.75) is 26.2 Å². The highest BCUT2D eigenvalue weighted by Crippen LogP contribution is 2.39. The first-order valence-electron chi connectivity index (χ1n) is 3.36. The molecule has 0 aromatic carbocycles. The Bertz CT molecular complexity index is 260. The van der Waals surface area contributed by atoms with E-state index in [1.807, 2.05) is 5.38 Å². The van der Waals surface area contributed by atoms with Crippen molar-refractivity contribution in [1.29, 1.82) is 0 Å². The highest BCUT2D eigenvalue weighted by atomic mass is 79.9. The minimum atomic E-state index is 0.160. The summed E-state index contributed by atoms with van der Waals surface area (Å²) in [6, 6.07) is 0. The van der Waals surface area contributed by atoms with Crippen LogP contribution in [0, 0.1) is 0 Å². The fourth-order valence-electron chi connectivity index (χ4n) is 0.829. The Labute approximate surface area is 84.7 Å². The summed E-state index contributed by atoms with van der Waals surface area (Å²) in [6.07, 6.45) is 0. The monoisotopic (exact) mass is 252 g/mol. The maximum Gasteiger partial charge on any atom is 0.0692 e. The largest absolute Gasteiger partial charge is 0.146 e. The van der Waals surface area contributed by atoms with Crippen LogP contribution in [0.4, 0.5) is 0 Å². The van der Waals surface area contributed by atoms with E-state index in [0.29, 0.717) is 0 Å². The molecule has 1 rings (SSSR count). The Kier molecular flexibility index (Phi) is 2.67. The van der Waals surface area contributed by atoms with Crippen LogP contribution in [0.15, 0.2) is 9.85 Å². The van der Waals surface area contributed by atoms with E-state index in [1.165, 1.54) is 4.88 Å². The van der Waals surface area contributed by atoms with Gasteiger partial charge in [-0.15, -0.1) is 11.3 Å². The number of thiophene rings is 1. The van der Waals surface area contributed by atoms with Crippen LogP contribution in [-0.4, -0.2) is 0 Å². The van der Waals surface area contributed by atoms with Crippen LogP contribution >= 0.6 is 38.9 Å². The van der Waals surface area contributed by atoms with Gasteiger partial charge in [0, 0.05) is 14.7 Å². The average Bonchev–Trinajstić information content (AvgIpc) is 2.11. The van der Waals surface area contributed by atoms with Crippen molar-refractivity contribution in [3.05, 3.63) is 19.8 Å². The van der Waals surface area contributed by atoms with Gasteiger partial charge >= 0.3 is 0 Å². The molecule has 0 saturated heterocycles. The molecule has 0 unspecified atom stereocenters. The number of halogens is 2. The van der Waals surface area contributed by atoms with E-state index >= 15 is 0 Å². The minimum Gasteiger partial charge on any atom is -0.146 e. The quantitative estimate of drug-likeness (QED) is 0.640. The molecule has 3 heteroatoms. The van der Waals surface area contributed by atoms with Crippen molar-refractivity contribution in [2.75, 3.05) is 0 Å². The second kappa shape index (κ2) is 3.08. The van der Waals surface area contributed by atoms with Gasteiger partial charge in [-0.3, -0.25) is 0 Å². The molecular weight excluding hydrogens is 244 g/mol. The predicted octanol–water partition coefficient (Wildman–Crippen LogP) is 4.46. The third-order valence-electron chi connectivity index (χ3n) is 1.37. The van der Waals surface area contributed by atoms with Gasteiger partial charge < -0.3 is 0 Å². The molecule has 0 spiro atoms. The third-order valence-corrected chi connectivity index (χ3v) is 4.44. The van der Waals surface area contributed by atoms with Crippen molar-refractivity contribution in [2.24, 2.45) is 0 Å². The van der Waals surface area contributed by atoms with E-state index in [-0.39, 0.29) is 5.41 Å². The molecule has 1 heterocycles. The summed E-state index contributed by atoms with van der Waals surface area (Å²) >= 11 is 11.1. The Morgan fingerprint density at radius 2 is 2.00 bits per heavy atom. The molecule has 0 aliphatic carbocycles. The van der Waals surface area contributed by atoms with Gasteiger partial charge in [-0.05, 0) is 21.3 Å². The maximum atomic E-state index is 6.06. The second-order valence-electron chi connectivity index (χ2n) is 3.48. The summed E-state index contributed by atoms with van der Waals surface area (Å²) in [7, 11) is 0. The summed E-state index contributed by atoms with van der Waals surface area (Å²) in [4.78, 5) is 1.24. The smallest absolute Gasteiger partial charge is 0.0692 e. The first-order valence-corrected chi connectivity index (χ1v) is 5.41. The maximum absolute atomic E-state index is 6.06. The topological polar surface area (TPSA) is 0 Å². The van der Waals surface area contributed by atoms with Crippen molar-refractivity contribution in [3.8, 4) is 0 Å². The summed E-state index contributed by atoms with van der Waals surface area (Å²) in [5, 5.41) is 2.89. The first-order chi connectivity index (χ1) is 4.93. The fraction of sp³-hybridized carbons (Fsp3) is 0.500. The summed E-state index contributed by atoms with van der Waals surface area (Å²) in [6.45, 7) is 6.49. The molecule has 0 saturated carbocycles. The lowest BCUT2D eigenvalue weighted by Gasteiger charge is -2.16. The summed E-state index contributed by atoms with van der Waals surface area (Å²) < 4.78 is 1.01. The van der Waals surface area contributed by atoms with E-state index in [0.717, 1.165) is 9.50 Å². The molecule has 0 N–H and O–H groups in total. The third kappa shape index (κ3) is 1.98. The molecule has 0 aliphatic heterocycles. The normalized spacial score (nSPS) is 12.1. The lowest BCUT2D eigenvalue weighted by Crippen LogP contribution is -2.08. The highest BCUT2D eigenvalue weighted by molar-refractivity contribution is 9.10. The molecule has 0 nitrogen and oxygen atoms in total. The Morgan fingerprint density at radius 3 is 2.18 bits per heavy atom. The molecule has 62 valence electrons. The lowest BCUT2D eigenvalue weighted by molar-refractivity contribution is 0.604. The van der Waals surface area contributed by atoms with Crippen LogP contribution in [0.1, 0.15) is 25.6 Å². The van der Waals surface area contributed by atoms with Crippen LogP contribution in [0.5, 0.6) is 0 Å². The van der Waals surface area contributed by atoms with Gasteiger partial charge in [-0.1, -0.05) is 32.4 Å². The van der Waals surface area contributed by atoms with E-state index in [1.54, 1.807) is 11.3 Å². The highest BCUT2D eigenvalue weighted by Gasteiger charge is 2.20. The standard InChI is InChI=1S/C8H10BrClS/c1-8(2,3)7-6(10)5(9)4-11-7/h4H,1-3H3. The number of hydrogen-bond acceptors (Lipinski definition) is 1. The van der Waals surface area contributed by atoms with Gasteiger partial charge in [0.15, 0.2) is 0 Å². The van der Waals surface area contributed by atoms with Crippen molar-refractivity contribution in [1.82, 2.24) is 0 Å². The molecular formula is C8H10BrClS. The van der Waals surface area contributed by atoms with Gasteiger partial charge in [0.05, 0.1) is 5.02 Å². The molecule has 0 atom stereocenters. The fourth-order valence-corrected chi connectivity index (χ4v) is 2.88.